The predicted octanol–water partition coefficient (Wildman–Crippen LogP) is 6.73. The van der Waals surface area contributed by atoms with Crippen LogP contribution in [0.25, 0.3) is 16.8 Å². The minimum atomic E-state index is -4.31. The number of hydrogen-bond acceptors (Lipinski definition) is 3. The van der Waals surface area contributed by atoms with Crippen LogP contribution in [-0.4, -0.2) is 43.3 Å². The molecular formula is C32H34F3N3. The number of nitrogens with zero attached hydrogens (tertiary/aromatic N) is 1. The van der Waals surface area contributed by atoms with Crippen molar-refractivity contribution < 1.29 is 13.2 Å². The summed E-state index contributed by atoms with van der Waals surface area (Å²) >= 11 is 0. The number of likely N-dealkylation sites (tertiary alicyclic amines) is 1. The largest absolute Gasteiger partial charge is 0.405 e. The van der Waals surface area contributed by atoms with E-state index in [0.29, 0.717) is 18.2 Å². The van der Waals surface area contributed by atoms with Gasteiger partial charge in [0, 0.05) is 24.5 Å². The van der Waals surface area contributed by atoms with Crippen molar-refractivity contribution in [3.63, 3.8) is 0 Å². The third-order valence-corrected chi connectivity index (χ3v) is 7.82. The molecule has 0 spiro atoms. The van der Waals surface area contributed by atoms with E-state index >= 15 is 0 Å². The van der Waals surface area contributed by atoms with Crippen molar-refractivity contribution in [1.82, 2.24) is 15.5 Å². The zero-order valence-corrected chi connectivity index (χ0v) is 21.5. The summed E-state index contributed by atoms with van der Waals surface area (Å²) in [6, 6.07) is 26.6. The molecule has 1 saturated heterocycles. The van der Waals surface area contributed by atoms with Crippen molar-refractivity contribution >= 4 is 5.70 Å². The molecule has 2 N–H and O–H groups in total. The van der Waals surface area contributed by atoms with Crippen LogP contribution < -0.4 is 10.6 Å². The number of allylic oxidation sites excluding steroid dienone is 1. The summed E-state index contributed by atoms with van der Waals surface area (Å²) < 4.78 is 39.4. The number of alkyl halides is 3. The van der Waals surface area contributed by atoms with E-state index < -0.39 is 18.1 Å². The summed E-state index contributed by atoms with van der Waals surface area (Å²) in [5.74, 6) is 0. The molecule has 6 heteroatoms. The van der Waals surface area contributed by atoms with Crippen molar-refractivity contribution in [3.8, 4) is 11.1 Å². The summed E-state index contributed by atoms with van der Waals surface area (Å²) in [4.78, 5) is 2.41. The average Bonchev–Trinajstić information content (AvgIpc) is 3.19. The van der Waals surface area contributed by atoms with Gasteiger partial charge in [0.15, 0.2) is 0 Å². The molecule has 1 heterocycles. The molecule has 0 saturated carbocycles. The number of halogens is 3. The van der Waals surface area contributed by atoms with Crippen LogP contribution in [0.15, 0.2) is 97.7 Å². The summed E-state index contributed by atoms with van der Waals surface area (Å²) in [5, 5.41) is 6.17. The van der Waals surface area contributed by atoms with E-state index in [0.717, 1.165) is 66.0 Å². The molecule has 3 aromatic rings. The molecule has 3 aromatic carbocycles. The van der Waals surface area contributed by atoms with Crippen LogP contribution >= 0.6 is 0 Å². The maximum Gasteiger partial charge on any atom is 0.405 e. The molecule has 5 rings (SSSR count). The zero-order valence-electron chi connectivity index (χ0n) is 21.5. The molecule has 0 amide bonds. The quantitative estimate of drug-likeness (QED) is 0.276. The van der Waals surface area contributed by atoms with Crippen molar-refractivity contribution in [3.05, 3.63) is 114 Å². The maximum absolute atomic E-state index is 13.1. The van der Waals surface area contributed by atoms with Gasteiger partial charge in [-0.05, 0) is 47.2 Å². The van der Waals surface area contributed by atoms with Crippen LogP contribution in [0.4, 0.5) is 13.2 Å². The fourth-order valence-corrected chi connectivity index (χ4v) is 5.97. The average molecular weight is 518 g/mol. The molecule has 0 unspecified atom stereocenters. The van der Waals surface area contributed by atoms with Gasteiger partial charge in [0.1, 0.15) is 6.54 Å². The molecule has 0 bridgehead atoms. The normalized spacial score (nSPS) is 16.3. The second-order valence-electron chi connectivity index (χ2n) is 10.3. The Bertz CT molecular complexity index is 1250. The lowest BCUT2D eigenvalue weighted by molar-refractivity contribution is -0.123. The fraction of sp³-hybridized carbons (Fsp3) is 0.312. The standard InChI is InChI=1S/C32H34F3N3/c1-23(25-12-4-3-5-13-25)37-26-20-38(21-26)19-11-10-18-31(24(2)36-22-32(33,34)35)29-16-8-6-14-27(29)28-15-7-9-17-30(28)31/h3-9,12-17,26,36-37H,1-2,10-11,18-22H2. The lowest BCUT2D eigenvalue weighted by atomic mass is 9.72. The van der Waals surface area contributed by atoms with Crippen LogP contribution in [0.2, 0.25) is 0 Å². The molecule has 3 nitrogen and oxygen atoms in total. The topological polar surface area (TPSA) is 27.3 Å². The molecule has 2 aliphatic rings. The number of nitrogens with one attached hydrogen (secondary N) is 2. The molecule has 198 valence electrons. The first kappa shape index (κ1) is 26.1. The second-order valence-corrected chi connectivity index (χ2v) is 10.3. The molecule has 1 aliphatic carbocycles. The Kier molecular flexibility index (Phi) is 7.35. The highest BCUT2D eigenvalue weighted by Gasteiger charge is 2.45. The van der Waals surface area contributed by atoms with Gasteiger partial charge in [0.2, 0.25) is 0 Å². The van der Waals surface area contributed by atoms with Gasteiger partial charge in [0.25, 0.3) is 0 Å². The van der Waals surface area contributed by atoms with E-state index in [-0.39, 0.29) is 0 Å². The predicted molar refractivity (Wildman–Crippen MR) is 149 cm³/mol. The van der Waals surface area contributed by atoms with Gasteiger partial charge < -0.3 is 10.6 Å². The van der Waals surface area contributed by atoms with E-state index in [1.165, 1.54) is 0 Å². The lowest BCUT2D eigenvalue weighted by Gasteiger charge is -2.41. The highest BCUT2D eigenvalue weighted by Crippen LogP contribution is 2.54. The first-order valence-corrected chi connectivity index (χ1v) is 13.2. The monoisotopic (exact) mass is 517 g/mol. The van der Waals surface area contributed by atoms with Gasteiger partial charge in [-0.2, -0.15) is 13.2 Å². The zero-order chi connectivity index (χ0) is 26.8. The first-order valence-electron chi connectivity index (χ1n) is 13.2. The smallest absolute Gasteiger partial charge is 0.380 e. The van der Waals surface area contributed by atoms with Gasteiger partial charge in [-0.15, -0.1) is 0 Å². The van der Waals surface area contributed by atoms with Crippen LogP contribution in [0.5, 0.6) is 0 Å². The Morgan fingerprint density at radius 3 is 2.03 bits per heavy atom. The van der Waals surface area contributed by atoms with Gasteiger partial charge in [0.05, 0.1) is 11.5 Å². The third-order valence-electron chi connectivity index (χ3n) is 7.82. The summed E-state index contributed by atoms with van der Waals surface area (Å²) in [6.45, 7) is 10.1. The van der Waals surface area contributed by atoms with Crippen LogP contribution in [-0.2, 0) is 5.41 Å². The van der Waals surface area contributed by atoms with E-state index in [1.54, 1.807) is 0 Å². The fourth-order valence-electron chi connectivity index (χ4n) is 5.97. The van der Waals surface area contributed by atoms with Crippen LogP contribution in [0, 0.1) is 0 Å². The summed E-state index contributed by atoms with van der Waals surface area (Å²) in [5.41, 5.74) is 6.00. The van der Waals surface area contributed by atoms with E-state index in [1.807, 2.05) is 54.6 Å². The van der Waals surface area contributed by atoms with Crippen molar-refractivity contribution in [2.24, 2.45) is 0 Å². The molecule has 0 aromatic heterocycles. The maximum atomic E-state index is 13.1. The van der Waals surface area contributed by atoms with Gasteiger partial charge >= 0.3 is 6.18 Å². The number of hydrogen-bond donors (Lipinski definition) is 2. The minimum Gasteiger partial charge on any atom is -0.380 e. The van der Waals surface area contributed by atoms with Gasteiger partial charge in [-0.3, -0.25) is 4.90 Å². The van der Waals surface area contributed by atoms with Gasteiger partial charge in [-0.25, -0.2) is 0 Å². The van der Waals surface area contributed by atoms with Crippen molar-refractivity contribution in [1.29, 1.82) is 0 Å². The second kappa shape index (κ2) is 10.7. The van der Waals surface area contributed by atoms with E-state index in [4.69, 9.17) is 0 Å². The Morgan fingerprint density at radius 1 is 0.842 bits per heavy atom. The Hall–Kier alpha value is -3.51. The molecule has 0 atom stereocenters. The number of benzene rings is 3. The Balaban J connectivity index is 1.23. The molecule has 1 fully saturated rings. The van der Waals surface area contributed by atoms with Crippen LogP contribution in [0.1, 0.15) is 36.0 Å². The third kappa shape index (κ3) is 5.23. The number of fused-ring (bicyclic) bond motifs is 3. The van der Waals surface area contributed by atoms with E-state index in [2.05, 4.69) is 53.0 Å². The Labute approximate surface area is 223 Å². The van der Waals surface area contributed by atoms with E-state index in [9.17, 15) is 13.2 Å². The van der Waals surface area contributed by atoms with Crippen molar-refractivity contribution in [2.45, 2.75) is 36.9 Å². The molecule has 1 aliphatic heterocycles. The molecular weight excluding hydrogens is 483 g/mol. The molecule has 38 heavy (non-hydrogen) atoms. The van der Waals surface area contributed by atoms with Crippen LogP contribution in [0.3, 0.4) is 0 Å². The highest BCUT2D eigenvalue weighted by molar-refractivity contribution is 5.83. The number of unbranched alkanes of at least 4 members (excludes halogenated alkanes) is 1. The first-order chi connectivity index (χ1) is 18.3. The van der Waals surface area contributed by atoms with Gasteiger partial charge in [-0.1, -0.05) is 98.4 Å². The number of rotatable bonds is 11. The molecule has 0 radical (unpaired) electrons. The minimum absolute atomic E-state index is 0.383. The van der Waals surface area contributed by atoms with Crippen molar-refractivity contribution in [2.75, 3.05) is 26.2 Å². The Morgan fingerprint density at radius 2 is 1.42 bits per heavy atom. The lowest BCUT2D eigenvalue weighted by Crippen LogP contribution is -2.57. The summed E-state index contributed by atoms with van der Waals surface area (Å²) in [7, 11) is 0. The SMILES string of the molecule is C=C(NC1CN(CCCCC2(C(=C)NCC(F)(F)F)c3ccccc3-c3ccccc32)C1)c1ccccc1. The summed E-state index contributed by atoms with van der Waals surface area (Å²) in [6.07, 6.45) is -1.77. The highest BCUT2D eigenvalue weighted by atomic mass is 19.4.